The van der Waals surface area contributed by atoms with Crippen molar-refractivity contribution in [3.05, 3.63) is 77.2 Å². The van der Waals surface area contributed by atoms with Crippen molar-refractivity contribution < 1.29 is 36.6 Å². The topological polar surface area (TPSA) is 110 Å². The van der Waals surface area contributed by atoms with Gasteiger partial charge in [0.25, 0.3) is 5.91 Å². The molecule has 162 valence electrons. The second-order valence-electron chi connectivity index (χ2n) is 6.14. The van der Waals surface area contributed by atoms with Crippen molar-refractivity contribution in [1.29, 1.82) is 0 Å². The number of nitrogen functional groups attached to an aromatic ring is 1. The molecule has 0 fully saturated rings. The predicted molar refractivity (Wildman–Crippen MR) is 96.9 cm³/mol. The molecule has 1 atom stereocenters. The molecule has 31 heavy (non-hydrogen) atoms. The maximum absolute atomic E-state index is 14.3. The maximum Gasteiger partial charge on any atom is 0.573 e. The molecule has 12 heteroatoms. The van der Waals surface area contributed by atoms with Crippen LogP contribution in [0.1, 0.15) is 27.7 Å². The monoisotopic (exact) mass is 440 g/mol. The molecule has 0 saturated heterocycles. The van der Waals surface area contributed by atoms with Crippen molar-refractivity contribution in [2.24, 2.45) is 0 Å². The summed E-state index contributed by atoms with van der Waals surface area (Å²) < 4.78 is 69.3. The molecule has 0 unspecified atom stereocenters. The lowest BCUT2D eigenvalue weighted by Gasteiger charge is -2.20. The number of amides is 1. The molecular weight excluding hydrogens is 427 g/mol. The van der Waals surface area contributed by atoms with Gasteiger partial charge >= 0.3 is 6.36 Å². The molecule has 1 aromatic carbocycles. The van der Waals surface area contributed by atoms with Crippen molar-refractivity contribution in [3.63, 3.8) is 0 Å². The van der Waals surface area contributed by atoms with Crippen molar-refractivity contribution in [3.8, 4) is 11.5 Å². The van der Waals surface area contributed by atoms with Gasteiger partial charge < -0.3 is 20.9 Å². The van der Waals surface area contributed by atoms with E-state index in [2.05, 4.69) is 20.0 Å². The van der Waals surface area contributed by atoms with Gasteiger partial charge in [0.2, 0.25) is 0 Å². The zero-order valence-electron chi connectivity index (χ0n) is 15.3. The average Bonchev–Trinajstić information content (AvgIpc) is 2.69. The van der Waals surface area contributed by atoms with Crippen molar-refractivity contribution in [2.45, 2.75) is 12.4 Å². The molecule has 0 radical (unpaired) electrons. The van der Waals surface area contributed by atoms with Crippen LogP contribution < -0.4 is 15.8 Å². The van der Waals surface area contributed by atoms with Gasteiger partial charge in [-0.15, -0.1) is 13.2 Å². The normalized spacial score (nSPS) is 12.3. The molecule has 0 aliphatic heterocycles. The molecule has 0 saturated carbocycles. The number of hydrogen-bond donors (Lipinski definition) is 3. The van der Waals surface area contributed by atoms with Gasteiger partial charge in [-0.3, -0.25) is 9.78 Å². The highest BCUT2D eigenvalue weighted by Crippen LogP contribution is 2.30. The predicted octanol–water partition coefficient (Wildman–Crippen LogP) is 3.46. The molecule has 0 bridgehead atoms. The average molecular weight is 440 g/mol. The minimum absolute atomic E-state index is 0.120. The second-order valence-corrected chi connectivity index (χ2v) is 6.14. The number of pyridine rings is 2. The molecule has 4 N–H and O–H groups in total. The number of nitrogens with two attached hydrogens (primary N) is 1. The molecule has 0 aliphatic carbocycles. The SMILES string of the molecule is Nc1ncc(C(=O)N[C@@H](c2ccc(OC(F)(F)F)c(F)c2)c2ncccc2F)cc1O. The minimum Gasteiger partial charge on any atom is -0.504 e. The third kappa shape index (κ3) is 5.15. The van der Waals surface area contributed by atoms with Gasteiger partial charge in [0.1, 0.15) is 11.5 Å². The first kappa shape index (κ1) is 21.7. The van der Waals surface area contributed by atoms with E-state index in [1.54, 1.807) is 0 Å². The summed E-state index contributed by atoms with van der Waals surface area (Å²) in [6, 6.07) is 4.28. The summed E-state index contributed by atoms with van der Waals surface area (Å²) in [5.41, 5.74) is 4.77. The summed E-state index contributed by atoms with van der Waals surface area (Å²) in [5.74, 6) is -4.93. The first-order valence-electron chi connectivity index (χ1n) is 8.46. The van der Waals surface area contributed by atoms with Crippen molar-refractivity contribution >= 4 is 11.7 Å². The van der Waals surface area contributed by atoms with E-state index in [9.17, 15) is 31.9 Å². The number of benzene rings is 1. The number of hydrogen-bond acceptors (Lipinski definition) is 6. The number of carbonyl (C=O) groups excluding carboxylic acids is 1. The van der Waals surface area contributed by atoms with Crippen LogP contribution in [0.25, 0.3) is 0 Å². The zero-order valence-corrected chi connectivity index (χ0v) is 15.3. The van der Waals surface area contributed by atoms with Crippen LogP contribution in [0.15, 0.2) is 48.8 Å². The van der Waals surface area contributed by atoms with E-state index >= 15 is 0 Å². The van der Waals surface area contributed by atoms with Crippen LogP contribution in [0.2, 0.25) is 0 Å². The molecule has 1 amide bonds. The standard InChI is InChI=1S/C19H13F5N4O3/c20-11-2-1-5-26-16(11)15(28-18(30)10-7-13(29)17(25)27-8-10)9-3-4-14(12(21)6-9)31-19(22,23)24/h1-8,15,29H,(H2,25,27)(H,28,30)/t15-/m0/s1. The van der Waals surface area contributed by atoms with Gasteiger partial charge in [0.05, 0.1) is 11.6 Å². The van der Waals surface area contributed by atoms with Crippen LogP contribution in [0.4, 0.5) is 27.8 Å². The molecule has 3 rings (SSSR count). The highest BCUT2D eigenvalue weighted by atomic mass is 19.4. The second kappa shape index (κ2) is 8.42. The first-order valence-corrected chi connectivity index (χ1v) is 8.46. The molecule has 2 aromatic heterocycles. The number of nitrogens with zero attached hydrogens (tertiary/aromatic N) is 2. The Hall–Kier alpha value is -3.96. The number of alkyl halides is 3. The molecule has 0 spiro atoms. The van der Waals surface area contributed by atoms with Crippen LogP contribution in [-0.4, -0.2) is 27.3 Å². The Kier molecular flexibility index (Phi) is 5.90. The largest absolute Gasteiger partial charge is 0.573 e. The third-order valence-corrected chi connectivity index (χ3v) is 4.01. The quantitative estimate of drug-likeness (QED) is 0.524. The van der Waals surface area contributed by atoms with Gasteiger partial charge in [-0.05, 0) is 35.9 Å². The van der Waals surface area contributed by atoms with E-state index in [-0.39, 0.29) is 22.6 Å². The Morgan fingerprint density at radius 1 is 1.13 bits per heavy atom. The van der Waals surface area contributed by atoms with Gasteiger partial charge in [-0.1, -0.05) is 6.07 Å². The zero-order chi connectivity index (χ0) is 22.8. The highest BCUT2D eigenvalue weighted by Gasteiger charge is 2.33. The van der Waals surface area contributed by atoms with Gasteiger partial charge in [-0.25, -0.2) is 13.8 Å². The number of aromatic hydroxyl groups is 1. The van der Waals surface area contributed by atoms with Crippen LogP contribution >= 0.6 is 0 Å². The molecule has 7 nitrogen and oxygen atoms in total. The lowest BCUT2D eigenvalue weighted by Crippen LogP contribution is -2.31. The third-order valence-electron chi connectivity index (χ3n) is 4.01. The fourth-order valence-corrected chi connectivity index (χ4v) is 2.63. The number of carbonyl (C=O) groups is 1. The van der Waals surface area contributed by atoms with Crippen LogP contribution in [0.5, 0.6) is 11.5 Å². The van der Waals surface area contributed by atoms with Crippen molar-refractivity contribution in [2.75, 3.05) is 5.73 Å². The number of ether oxygens (including phenoxy) is 1. The summed E-state index contributed by atoms with van der Waals surface area (Å²) in [4.78, 5) is 20.1. The van der Waals surface area contributed by atoms with Crippen LogP contribution in [-0.2, 0) is 0 Å². The van der Waals surface area contributed by atoms with Gasteiger partial charge in [-0.2, -0.15) is 0 Å². The van der Waals surface area contributed by atoms with E-state index in [0.717, 1.165) is 24.4 Å². The number of rotatable bonds is 5. The number of halogens is 5. The first-order chi connectivity index (χ1) is 14.5. The smallest absolute Gasteiger partial charge is 0.504 e. The summed E-state index contributed by atoms with van der Waals surface area (Å²) in [7, 11) is 0. The molecule has 2 heterocycles. The van der Waals surface area contributed by atoms with E-state index in [1.807, 2.05) is 0 Å². The van der Waals surface area contributed by atoms with Gasteiger partial charge in [0.15, 0.2) is 23.1 Å². The van der Waals surface area contributed by atoms with E-state index < -0.39 is 41.4 Å². The summed E-state index contributed by atoms with van der Waals surface area (Å²) in [6.07, 6.45) is -2.87. The summed E-state index contributed by atoms with van der Waals surface area (Å²) in [5, 5.41) is 12.0. The highest BCUT2D eigenvalue weighted by molar-refractivity contribution is 5.95. The fraction of sp³-hybridized carbons (Fsp3) is 0.105. The Labute approximate surface area is 171 Å². The summed E-state index contributed by atoms with van der Waals surface area (Å²) >= 11 is 0. The number of nitrogens with one attached hydrogen (secondary N) is 1. The number of aromatic nitrogens is 2. The molecule has 3 aromatic rings. The number of anilines is 1. The minimum atomic E-state index is -5.12. The lowest BCUT2D eigenvalue weighted by atomic mass is 10.0. The van der Waals surface area contributed by atoms with E-state index in [0.29, 0.717) is 12.1 Å². The Morgan fingerprint density at radius 3 is 2.48 bits per heavy atom. The van der Waals surface area contributed by atoms with Crippen molar-refractivity contribution in [1.82, 2.24) is 15.3 Å². The van der Waals surface area contributed by atoms with Crippen LogP contribution in [0.3, 0.4) is 0 Å². The van der Waals surface area contributed by atoms with E-state index in [1.165, 1.54) is 12.3 Å². The Bertz CT molecular complexity index is 1120. The Morgan fingerprint density at radius 2 is 1.87 bits per heavy atom. The maximum atomic E-state index is 14.3. The molecule has 0 aliphatic rings. The van der Waals surface area contributed by atoms with Gasteiger partial charge in [0, 0.05) is 12.4 Å². The molecular formula is C19H13F5N4O3. The fourth-order valence-electron chi connectivity index (χ4n) is 2.63. The Balaban J connectivity index is 1.99. The summed E-state index contributed by atoms with van der Waals surface area (Å²) in [6.45, 7) is 0. The van der Waals surface area contributed by atoms with Crippen LogP contribution in [0, 0.1) is 11.6 Å². The lowest BCUT2D eigenvalue weighted by molar-refractivity contribution is -0.275. The van der Waals surface area contributed by atoms with E-state index in [4.69, 9.17) is 5.73 Å².